The van der Waals surface area contributed by atoms with Crippen molar-refractivity contribution in [2.24, 2.45) is 5.92 Å². The van der Waals surface area contributed by atoms with E-state index in [1.165, 1.54) is 5.56 Å². The highest BCUT2D eigenvalue weighted by molar-refractivity contribution is 5.97. The second-order valence-corrected chi connectivity index (χ2v) is 8.99. The third-order valence-electron chi connectivity index (χ3n) is 6.56. The molecule has 4 aromatic rings. The summed E-state index contributed by atoms with van der Waals surface area (Å²) in [6.45, 7) is 3.66. The van der Waals surface area contributed by atoms with E-state index in [2.05, 4.69) is 10.4 Å². The molecule has 1 N–H and O–H groups in total. The van der Waals surface area contributed by atoms with Crippen molar-refractivity contribution >= 4 is 11.8 Å². The highest BCUT2D eigenvalue weighted by atomic mass is 16.2. The van der Waals surface area contributed by atoms with E-state index < -0.39 is 0 Å². The molecule has 7 nitrogen and oxygen atoms in total. The van der Waals surface area contributed by atoms with Gasteiger partial charge < -0.3 is 14.8 Å². The van der Waals surface area contributed by atoms with Crippen molar-refractivity contribution in [2.45, 2.75) is 26.3 Å². The number of nitrogens with one attached hydrogen (secondary N) is 1. The minimum absolute atomic E-state index is 0.0580. The molecule has 1 aliphatic rings. The van der Waals surface area contributed by atoms with Crippen molar-refractivity contribution < 1.29 is 9.59 Å². The van der Waals surface area contributed by atoms with Gasteiger partial charge in [0, 0.05) is 37.9 Å². The van der Waals surface area contributed by atoms with Crippen LogP contribution < -0.4 is 5.32 Å². The third-order valence-corrected chi connectivity index (χ3v) is 6.56. The lowest BCUT2D eigenvalue weighted by atomic mass is 9.95. The van der Waals surface area contributed by atoms with Gasteiger partial charge in [0.25, 0.3) is 5.91 Å². The van der Waals surface area contributed by atoms with Gasteiger partial charge in [0.1, 0.15) is 5.56 Å². The standard InChI is InChI=1S/C28H29N5O2/c1-21-9-11-22(12-10-21)19-29-26(34)23-13-17-32(18-14-23)28(35)25-20-30-33(24-7-3-2-4-8-24)27(25)31-15-5-6-16-31/h2-12,15-16,20,23H,13-14,17-19H2,1H3,(H,29,34). The van der Waals surface area contributed by atoms with Crippen molar-refractivity contribution in [2.75, 3.05) is 13.1 Å². The van der Waals surface area contributed by atoms with Gasteiger partial charge in [-0.15, -0.1) is 0 Å². The summed E-state index contributed by atoms with van der Waals surface area (Å²) in [7, 11) is 0. The number of aromatic nitrogens is 3. The number of hydrogen-bond acceptors (Lipinski definition) is 3. The molecule has 2 amide bonds. The van der Waals surface area contributed by atoms with Gasteiger partial charge >= 0.3 is 0 Å². The first-order valence-corrected chi connectivity index (χ1v) is 12.0. The monoisotopic (exact) mass is 467 g/mol. The molecule has 0 atom stereocenters. The van der Waals surface area contributed by atoms with E-state index in [1.54, 1.807) is 10.9 Å². The van der Waals surface area contributed by atoms with Crippen molar-refractivity contribution in [1.29, 1.82) is 0 Å². The molecule has 178 valence electrons. The van der Waals surface area contributed by atoms with Gasteiger partial charge in [0.15, 0.2) is 5.82 Å². The zero-order chi connectivity index (χ0) is 24.2. The normalized spacial score (nSPS) is 14.1. The summed E-state index contributed by atoms with van der Waals surface area (Å²) in [5, 5.41) is 7.60. The highest BCUT2D eigenvalue weighted by Crippen LogP contribution is 2.24. The number of aryl methyl sites for hydroxylation is 1. The van der Waals surface area contributed by atoms with Gasteiger partial charge in [-0.25, -0.2) is 4.68 Å². The molecule has 0 saturated carbocycles. The molecule has 0 aliphatic carbocycles. The Morgan fingerprint density at radius 2 is 1.63 bits per heavy atom. The predicted octanol–water partition coefficient (Wildman–Crippen LogP) is 4.14. The van der Waals surface area contributed by atoms with Crippen LogP contribution in [0.3, 0.4) is 0 Å². The lowest BCUT2D eigenvalue weighted by Crippen LogP contribution is -2.43. The Hall–Kier alpha value is -4.13. The fraction of sp³-hybridized carbons (Fsp3) is 0.250. The van der Waals surface area contributed by atoms with Gasteiger partial charge in [-0.05, 0) is 49.6 Å². The summed E-state index contributed by atoms with van der Waals surface area (Å²) in [4.78, 5) is 28.1. The summed E-state index contributed by atoms with van der Waals surface area (Å²) in [6, 6.07) is 21.8. The highest BCUT2D eigenvalue weighted by Gasteiger charge is 2.30. The third kappa shape index (κ3) is 4.89. The summed E-state index contributed by atoms with van der Waals surface area (Å²) in [6.07, 6.45) is 6.77. The zero-order valence-corrected chi connectivity index (χ0v) is 19.8. The van der Waals surface area contributed by atoms with Crippen LogP contribution in [0.1, 0.15) is 34.3 Å². The minimum atomic E-state index is -0.0829. The van der Waals surface area contributed by atoms with Gasteiger partial charge in [0.05, 0.1) is 11.9 Å². The Balaban J connectivity index is 1.26. The molecule has 1 saturated heterocycles. The number of nitrogens with zero attached hydrogens (tertiary/aromatic N) is 4. The lowest BCUT2D eigenvalue weighted by Gasteiger charge is -2.31. The van der Waals surface area contributed by atoms with Crippen LogP contribution in [0.2, 0.25) is 0 Å². The minimum Gasteiger partial charge on any atom is -0.352 e. The molecule has 0 bridgehead atoms. The predicted molar refractivity (Wildman–Crippen MR) is 135 cm³/mol. The number of benzene rings is 2. The molecule has 0 unspecified atom stereocenters. The molecule has 2 aromatic carbocycles. The van der Waals surface area contributed by atoms with Gasteiger partial charge in [0.2, 0.25) is 5.91 Å². The van der Waals surface area contributed by atoms with Crippen molar-refractivity contribution in [3.63, 3.8) is 0 Å². The first-order chi connectivity index (χ1) is 17.1. The van der Waals surface area contributed by atoms with E-state index in [4.69, 9.17) is 0 Å². The van der Waals surface area contributed by atoms with Crippen LogP contribution in [0, 0.1) is 12.8 Å². The summed E-state index contributed by atoms with van der Waals surface area (Å²) < 4.78 is 3.71. The lowest BCUT2D eigenvalue weighted by molar-refractivity contribution is -0.126. The van der Waals surface area contributed by atoms with Crippen LogP contribution in [0.15, 0.2) is 85.3 Å². The van der Waals surface area contributed by atoms with Crippen molar-refractivity contribution in [1.82, 2.24) is 24.6 Å². The Morgan fingerprint density at radius 1 is 0.943 bits per heavy atom. The molecule has 35 heavy (non-hydrogen) atoms. The maximum atomic E-state index is 13.5. The Kier molecular flexibility index (Phi) is 6.48. The Labute approximate surface area is 205 Å². The molecule has 1 fully saturated rings. The number of amides is 2. The molecular formula is C28H29N5O2. The van der Waals surface area contributed by atoms with E-state index in [-0.39, 0.29) is 17.7 Å². The molecule has 0 radical (unpaired) electrons. The van der Waals surface area contributed by atoms with E-state index >= 15 is 0 Å². The number of hydrogen-bond donors (Lipinski definition) is 1. The molecule has 1 aliphatic heterocycles. The fourth-order valence-corrected chi connectivity index (χ4v) is 4.53. The second kappa shape index (κ2) is 10.0. The molecule has 0 spiro atoms. The molecule has 5 rings (SSSR count). The number of para-hydroxylation sites is 1. The average Bonchev–Trinajstić information content (AvgIpc) is 3.58. The Bertz CT molecular complexity index is 1290. The van der Waals surface area contributed by atoms with Crippen LogP contribution >= 0.6 is 0 Å². The number of likely N-dealkylation sites (tertiary alicyclic amines) is 1. The van der Waals surface area contributed by atoms with Crippen LogP contribution in [-0.4, -0.2) is 44.2 Å². The number of piperidine rings is 1. The van der Waals surface area contributed by atoms with Crippen molar-refractivity contribution in [3.05, 3.63) is 102 Å². The van der Waals surface area contributed by atoms with Gasteiger partial charge in [-0.2, -0.15) is 5.10 Å². The summed E-state index contributed by atoms with van der Waals surface area (Å²) in [5.41, 5.74) is 3.72. The molecule has 3 heterocycles. The van der Waals surface area contributed by atoms with E-state index in [0.717, 1.165) is 11.3 Å². The van der Waals surface area contributed by atoms with E-state index in [0.29, 0.717) is 43.9 Å². The maximum Gasteiger partial charge on any atom is 0.259 e. The first kappa shape index (κ1) is 22.7. The van der Waals surface area contributed by atoms with Crippen LogP contribution in [-0.2, 0) is 11.3 Å². The summed E-state index contributed by atoms with van der Waals surface area (Å²) in [5.74, 6) is 0.626. The Morgan fingerprint density at radius 3 is 2.31 bits per heavy atom. The topological polar surface area (TPSA) is 72.2 Å². The largest absolute Gasteiger partial charge is 0.352 e. The maximum absolute atomic E-state index is 13.5. The molecule has 7 heteroatoms. The number of carbonyl (C=O) groups excluding carboxylic acids is 2. The van der Waals surface area contributed by atoms with Crippen LogP contribution in [0.4, 0.5) is 0 Å². The smallest absolute Gasteiger partial charge is 0.259 e. The fourth-order valence-electron chi connectivity index (χ4n) is 4.53. The summed E-state index contributed by atoms with van der Waals surface area (Å²) >= 11 is 0. The van der Waals surface area contributed by atoms with Gasteiger partial charge in [-0.1, -0.05) is 48.0 Å². The van der Waals surface area contributed by atoms with Crippen molar-refractivity contribution in [3.8, 4) is 11.5 Å². The molecular weight excluding hydrogens is 438 g/mol. The second-order valence-electron chi connectivity index (χ2n) is 8.99. The van der Waals surface area contributed by atoms with Crippen LogP contribution in [0.25, 0.3) is 11.5 Å². The van der Waals surface area contributed by atoms with Gasteiger partial charge in [-0.3, -0.25) is 9.59 Å². The number of carbonyl (C=O) groups is 2. The average molecular weight is 468 g/mol. The first-order valence-electron chi connectivity index (χ1n) is 12.0. The van der Waals surface area contributed by atoms with E-state index in [1.807, 2.05) is 95.5 Å². The SMILES string of the molecule is Cc1ccc(CNC(=O)C2CCN(C(=O)c3cnn(-c4ccccc4)c3-n3cccc3)CC2)cc1. The quantitative estimate of drug-likeness (QED) is 0.463. The van der Waals surface area contributed by atoms with E-state index in [9.17, 15) is 9.59 Å². The zero-order valence-electron chi connectivity index (χ0n) is 19.8. The number of rotatable bonds is 6. The molecule has 2 aromatic heterocycles. The van der Waals surface area contributed by atoms with Crippen LogP contribution in [0.5, 0.6) is 0 Å².